The standard InChI is InChI=1S/C13H28N2/c1-12-5-7-13(8-6-12)11-15(3)10-4-9-14-2/h12-14H,4-11H2,1-3H3. The minimum absolute atomic E-state index is 0.973. The van der Waals surface area contributed by atoms with Crippen LogP contribution in [0.5, 0.6) is 0 Å². The molecule has 0 aromatic heterocycles. The lowest BCUT2D eigenvalue weighted by molar-refractivity contribution is 0.208. The highest BCUT2D eigenvalue weighted by Crippen LogP contribution is 2.28. The van der Waals surface area contributed by atoms with Gasteiger partial charge < -0.3 is 10.2 Å². The van der Waals surface area contributed by atoms with Gasteiger partial charge in [-0.3, -0.25) is 0 Å². The first kappa shape index (κ1) is 13.0. The van der Waals surface area contributed by atoms with Crippen LogP contribution in [0.3, 0.4) is 0 Å². The molecule has 1 saturated carbocycles. The van der Waals surface area contributed by atoms with E-state index in [0.29, 0.717) is 0 Å². The third-order valence-corrected chi connectivity index (χ3v) is 3.67. The van der Waals surface area contributed by atoms with E-state index in [-0.39, 0.29) is 0 Å². The highest BCUT2D eigenvalue weighted by atomic mass is 15.1. The summed E-state index contributed by atoms with van der Waals surface area (Å²) >= 11 is 0. The summed E-state index contributed by atoms with van der Waals surface area (Å²) in [6.45, 7) is 6.10. The van der Waals surface area contributed by atoms with Gasteiger partial charge in [0.25, 0.3) is 0 Å². The largest absolute Gasteiger partial charge is 0.320 e. The molecule has 90 valence electrons. The molecule has 0 aliphatic heterocycles. The minimum Gasteiger partial charge on any atom is -0.320 e. The van der Waals surface area contributed by atoms with E-state index in [1.165, 1.54) is 45.2 Å². The Balaban J connectivity index is 2.06. The van der Waals surface area contributed by atoms with Crippen LogP contribution < -0.4 is 5.32 Å². The fourth-order valence-electron chi connectivity index (χ4n) is 2.57. The van der Waals surface area contributed by atoms with E-state index in [1.54, 1.807) is 0 Å². The summed E-state index contributed by atoms with van der Waals surface area (Å²) in [5, 5.41) is 3.21. The van der Waals surface area contributed by atoms with Gasteiger partial charge in [-0.25, -0.2) is 0 Å². The molecule has 0 spiro atoms. The first-order valence-electron chi connectivity index (χ1n) is 6.55. The molecule has 1 N–H and O–H groups in total. The third kappa shape index (κ3) is 5.53. The van der Waals surface area contributed by atoms with E-state index < -0.39 is 0 Å². The quantitative estimate of drug-likeness (QED) is 0.680. The van der Waals surface area contributed by atoms with Gasteiger partial charge in [0.15, 0.2) is 0 Å². The van der Waals surface area contributed by atoms with Crippen molar-refractivity contribution in [2.24, 2.45) is 11.8 Å². The second-order valence-electron chi connectivity index (χ2n) is 5.35. The lowest BCUT2D eigenvalue weighted by Crippen LogP contribution is -2.30. The predicted octanol–water partition coefficient (Wildman–Crippen LogP) is 2.35. The number of nitrogens with zero attached hydrogens (tertiary/aromatic N) is 1. The lowest BCUT2D eigenvalue weighted by atomic mass is 9.83. The average molecular weight is 212 g/mol. The van der Waals surface area contributed by atoms with Crippen molar-refractivity contribution in [2.45, 2.75) is 39.0 Å². The molecule has 1 rings (SSSR count). The van der Waals surface area contributed by atoms with Crippen LogP contribution in [-0.2, 0) is 0 Å². The van der Waals surface area contributed by atoms with Gasteiger partial charge in [0.2, 0.25) is 0 Å². The molecule has 0 heterocycles. The molecule has 0 atom stereocenters. The normalized spacial score (nSPS) is 27.2. The van der Waals surface area contributed by atoms with Gasteiger partial charge in [-0.2, -0.15) is 0 Å². The first-order valence-corrected chi connectivity index (χ1v) is 6.55. The fraction of sp³-hybridized carbons (Fsp3) is 1.00. The van der Waals surface area contributed by atoms with E-state index in [0.717, 1.165) is 18.4 Å². The molecule has 1 fully saturated rings. The second kappa shape index (κ2) is 7.24. The predicted molar refractivity (Wildman–Crippen MR) is 67.2 cm³/mol. The average Bonchev–Trinajstić information content (AvgIpc) is 2.22. The van der Waals surface area contributed by atoms with Crippen molar-refractivity contribution in [3.63, 3.8) is 0 Å². The SMILES string of the molecule is CNCCCN(C)CC1CCC(C)CC1. The van der Waals surface area contributed by atoms with Crippen LogP contribution in [0.25, 0.3) is 0 Å². The van der Waals surface area contributed by atoms with Crippen LogP contribution in [0.4, 0.5) is 0 Å². The monoisotopic (exact) mass is 212 g/mol. The Morgan fingerprint density at radius 3 is 2.47 bits per heavy atom. The van der Waals surface area contributed by atoms with Gasteiger partial charge in [-0.05, 0) is 58.3 Å². The molecule has 0 amide bonds. The van der Waals surface area contributed by atoms with Crippen LogP contribution >= 0.6 is 0 Å². The summed E-state index contributed by atoms with van der Waals surface area (Å²) in [4.78, 5) is 2.51. The molecule has 2 heteroatoms. The van der Waals surface area contributed by atoms with Crippen LogP contribution in [0.2, 0.25) is 0 Å². The zero-order chi connectivity index (χ0) is 11.1. The second-order valence-corrected chi connectivity index (χ2v) is 5.35. The summed E-state index contributed by atoms with van der Waals surface area (Å²) < 4.78 is 0. The number of hydrogen-bond acceptors (Lipinski definition) is 2. The molecule has 0 bridgehead atoms. The minimum atomic E-state index is 0.973. The summed E-state index contributed by atoms with van der Waals surface area (Å²) in [6.07, 6.45) is 7.09. The van der Waals surface area contributed by atoms with Crippen LogP contribution in [-0.4, -0.2) is 38.6 Å². The van der Waals surface area contributed by atoms with Crippen molar-refractivity contribution in [1.82, 2.24) is 10.2 Å². The molecular formula is C13H28N2. The molecule has 0 aromatic carbocycles. The van der Waals surface area contributed by atoms with Crippen molar-refractivity contribution in [1.29, 1.82) is 0 Å². The van der Waals surface area contributed by atoms with Gasteiger partial charge in [0.1, 0.15) is 0 Å². The summed E-state index contributed by atoms with van der Waals surface area (Å²) in [7, 11) is 4.30. The Kier molecular flexibility index (Phi) is 6.26. The highest BCUT2D eigenvalue weighted by molar-refractivity contribution is 4.72. The molecule has 0 radical (unpaired) electrons. The maximum Gasteiger partial charge on any atom is 0.000662 e. The molecule has 0 saturated heterocycles. The number of rotatable bonds is 6. The summed E-state index contributed by atoms with van der Waals surface area (Å²) in [6, 6.07) is 0. The third-order valence-electron chi connectivity index (χ3n) is 3.67. The highest BCUT2D eigenvalue weighted by Gasteiger charge is 2.18. The summed E-state index contributed by atoms with van der Waals surface area (Å²) in [5.41, 5.74) is 0. The van der Waals surface area contributed by atoms with E-state index >= 15 is 0 Å². The van der Waals surface area contributed by atoms with Gasteiger partial charge in [-0.15, -0.1) is 0 Å². The maximum atomic E-state index is 3.21. The van der Waals surface area contributed by atoms with Gasteiger partial charge in [0.05, 0.1) is 0 Å². The lowest BCUT2D eigenvalue weighted by Gasteiger charge is -2.29. The van der Waals surface area contributed by atoms with Gasteiger partial charge in [-0.1, -0.05) is 19.8 Å². The Hall–Kier alpha value is -0.0800. The molecule has 0 aromatic rings. The molecule has 0 unspecified atom stereocenters. The Bertz CT molecular complexity index is 151. The van der Waals surface area contributed by atoms with E-state index in [9.17, 15) is 0 Å². The topological polar surface area (TPSA) is 15.3 Å². The molecular weight excluding hydrogens is 184 g/mol. The van der Waals surface area contributed by atoms with Crippen molar-refractivity contribution in [3.8, 4) is 0 Å². The zero-order valence-electron chi connectivity index (χ0n) is 10.8. The Morgan fingerprint density at radius 2 is 1.87 bits per heavy atom. The Morgan fingerprint density at radius 1 is 1.20 bits per heavy atom. The van der Waals surface area contributed by atoms with Crippen LogP contribution in [0.1, 0.15) is 39.0 Å². The molecule has 2 nitrogen and oxygen atoms in total. The fourth-order valence-corrected chi connectivity index (χ4v) is 2.57. The van der Waals surface area contributed by atoms with E-state index in [4.69, 9.17) is 0 Å². The summed E-state index contributed by atoms with van der Waals surface area (Å²) in [5.74, 6) is 1.96. The maximum absolute atomic E-state index is 3.21. The van der Waals surface area contributed by atoms with Crippen molar-refractivity contribution in [2.75, 3.05) is 33.7 Å². The van der Waals surface area contributed by atoms with Crippen molar-refractivity contribution < 1.29 is 0 Å². The molecule has 1 aliphatic carbocycles. The molecule has 15 heavy (non-hydrogen) atoms. The van der Waals surface area contributed by atoms with Crippen molar-refractivity contribution in [3.05, 3.63) is 0 Å². The van der Waals surface area contributed by atoms with E-state index in [2.05, 4.69) is 24.2 Å². The number of nitrogens with one attached hydrogen (secondary N) is 1. The first-order chi connectivity index (χ1) is 7.22. The Labute approximate surface area is 95.4 Å². The zero-order valence-corrected chi connectivity index (χ0v) is 10.8. The van der Waals surface area contributed by atoms with Crippen LogP contribution in [0, 0.1) is 11.8 Å². The van der Waals surface area contributed by atoms with Crippen molar-refractivity contribution >= 4 is 0 Å². The van der Waals surface area contributed by atoms with Gasteiger partial charge in [0, 0.05) is 6.54 Å². The molecule has 1 aliphatic rings. The number of hydrogen-bond donors (Lipinski definition) is 1. The van der Waals surface area contributed by atoms with E-state index in [1.807, 2.05) is 7.05 Å². The smallest absolute Gasteiger partial charge is 0.000662 e. The van der Waals surface area contributed by atoms with Crippen LogP contribution in [0.15, 0.2) is 0 Å². The van der Waals surface area contributed by atoms with Gasteiger partial charge >= 0.3 is 0 Å².